The van der Waals surface area contributed by atoms with E-state index in [0.717, 1.165) is 50.0 Å². The van der Waals surface area contributed by atoms with Gasteiger partial charge in [0.15, 0.2) is 5.16 Å². The number of piperidine rings is 1. The van der Waals surface area contributed by atoms with E-state index >= 15 is 0 Å². The van der Waals surface area contributed by atoms with Crippen LogP contribution in [0.2, 0.25) is 0 Å². The van der Waals surface area contributed by atoms with Gasteiger partial charge in [0.25, 0.3) is 0 Å². The molecule has 1 fully saturated rings. The van der Waals surface area contributed by atoms with Crippen molar-refractivity contribution in [2.75, 3.05) is 18.8 Å². The van der Waals surface area contributed by atoms with Crippen LogP contribution in [0, 0.1) is 5.92 Å². The van der Waals surface area contributed by atoms with Crippen LogP contribution < -0.4 is 0 Å². The number of nitrogens with zero attached hydrogens (tertiary/aromatic N) is 4. The van der Waals surface area contributed by atoms with E-state index in [9.17, 15) is 4.79 Å². The second-order valence-corrected chi connectivity index (χ2v) is 7.96. The highest BCUT2D eigenvalue weighted by molar-refractivity contribution is 7.99. The third kappa shape index (κ3) is 4.57. The van der Waals surface area contributed by atoms with Crippen molar-refractivity contribution in [3.05, 3.63) is 28.7 Å². The van der Waals surface area contributed by atoms with E-state index in [1.54, 1.807) is 17.7 Å². The number of rotatable bonds is 6. The Morgan fingerprint density at radius 3 is 3.00 bits per heavy atom. The van der Waals surface area contributed by atoms with Crippen molar-refractivity contribution >= 4 is 29.0 Å². The van der Waals surface area contributed by atoms with Crippen molar-refractivity contribution in [3.63, 3.8) is 0 Å². The van der Waals surface area contributed by atoms with Gasteiger partial charge in [0.05, 0.1) is 5.75 Å². The average Bonchev–Trinajstić information content (AvgIpc) is 3.22. The van der Waals surface area contributed by atoms with E-state index in [2.05, 4.69) is 34.6 Å². The second-order valence-electron chi connectivity index (χ2n) is 5.99. The molecule has 1 aliphatic rings. The second kappa shape index (κ2) is 7.97. The molecule has 0 radical (unpaired) electrons. The van der Waals surface area contributed by atoms with Gasteiger partial charge in [0.1, 0.15) is 6.33 Å². The minimum Gasteiger partial charge on any atom is -0.342 e. The van der Waals surface area contributed by atoms with Gasteiger partial charge in [-0.1, -0.05) is 24.8 Å². The molecule has 1 amide bonds. The number of likely N-dealkylation sites (tertiary alicyclic amines) is 1. The molecule has 0 saturated carbocycles. The van der Waals surface area contributed by atoms with Crippen LogP contribution in [-0.2, 0) is 17.8 Å². The molecule has 0 aliphatic carbocycles. The third-order valence-corrected chi connectivity index (χ3v) is 6.12. The van der Waals surface area contributed by atoms with Gasteiger partial charge in [0.2, 0.25) is 5.91 Å². The first-order valence-electron chi connectivity index (χ1n) is 8.03. The molecule has 7 heteroatoms. The highest BCUT2D eigenvalue weighted by Crippen LogP contribution is 2.20. The van der Waals surface area contributed by atoms with Gasteiger partial charge in [-0.3, -0.25) is 4.79 Å². The molecule has 0 unspecified atom stereocenters. The maximum atomic E-state index is 12.3. The molecular formula is C16H22N4OS2. The smallest absolute Gasteiger partial charge is 0.233 e. The van der Waals surface area contributed by atoms with Crippen LogP contribution in [0.1, 0.15) is 24.6 Å². The van der Waals surface area contributed by atoms with Crippen molar-refractivity contribution in [2.45, 2.75) is 37.9 Å². The van der Waals surface area contributed by atoms with E-state index in [1.807, 2.05) is 9.47 Å². The van der Waals surface area contributed by atoms with Crippen molar-refractivity contribution in [3.8, 4) is 0 Å². The normalized spacial score (nSPS) is 16.0. The summed E-state index contributed by atoms with van der Waals surface area (Å²) in [7, 11) is 0. The highest BCUT2D eigenvalue weighted by atomic mass is 32.2. The molecule has 2 aromatic rings. The standard InChI is InChI=1S/C16H22N4OS2/c1-13-4-7-19(8-5-13)15(21)11-23-16-18-17-12-20(16)9-6-14-3-2-10-22-14/h2-3,10,12-13H,4-9,11H2,1H3. The zero-order chi connectivity index (χ0) is 16.1. The Morgan fingerprint density at radius 2 is 2.26 bits per heavy atom. The number of hydrogen-bond donors (Lipinski definition) is 0. The summed E-state index contributed by atoms with van der Waals surface area (Å²) in [6.45, 7) is 4.90. The number of carbonyl (C=O) groups excluding carboxylic acids is 1. The Hall–Kier alpha value is -1.34. The third-order valence-electron chi connectivity index (χ3n) is 4.22. The van der Waals surface area contributed by atoms with Crippen LogP contribution in [0.15, 0.2) is 29.0 Å². The van der Waals surface area contributed by atoms with Gasteiger partial charge in [-0.05, 0) is 36.6 Å². The fourth-order valence-corrected chi connectivity index (χ4v) is 4.21. The van der Waals surface area contributed by atoms with Crippen LogP contribution in [0.5, 0.6) is 0 Å². The van der Waals surface area contributed by atoms with Crippen LogP contribution in [0.3, 0.4) is 0 Å². The summed E-state index contributed by atoms with van der Waals surface area (Å²) in [6, 6.07) is 4.21. The molecule has 3 rings (SSSR count). The SMILES string of the molecule is CC1CCN(C(=O)CSc2nncn2CCc2cccs2)CC1. The van der Waals surface area contributed by atoms with Gasteiger partial charge < -0.3 is 9.47 Å². The van der Waals surface area contributed by atoms with Crippen molar-refractivity contribution in [1.29, 1.82) is 0 Å². The lowest BCUT2D eigenvalue weighted by Crippen LogP contribution is -2.38. The minimum absolute atomic E-state index is 0.217. The summed E-state index contributed by atoms with van der Waals surface area (Å²) in [5.41, 5.74) is 0. The van der Waals surface area contributed by atoms with Gasteiger partial charge in [-0.25, -0.2) is 0 Å². The quantitative estimate of drug-likeness (QED) is 0.752. The first kappa shape index (κ1) is 16.5. The van der Waals surface area contributed by atoms with Crippen molar-refractivity contribution in [2.24, 2.45) is 5.92 Å². The molecule has 23 heavy (non-hydrogen) atoms. The number of carbonyl (C=O) groups is 1. The van der Waals surface area contributed by atoms with Gasteiger partial charge in [-0.15, -0.1) is 21.5 Å². The molecule has 5 nitrogen and oxygen atoms in total. The summed E-state index contributed by atoms with van der Waals surface area (Å²) in [5, 5.41) is 11.1. The number of aromatic nitrogens is 3. The fourth-order valence-electron chi connectivity index (χ4n) is 2.67. The summed E-state index contributed by atoms with van der Waals surface area (Å²) >= 11 is 3.26. The summed E-state index contributed by atoms with van der Waals surface area (Å²) in [4.78, 5) is 15.6. The average molecular weight is 351 g/mol. The summed E-state index contributed by atoms with van der Waals surface area (Å²) < 4.78 is 2.04. The topological polar surface area (TPSA) is 51.0 Å². The van der Waals surface area contributed by atoms with Crippen molar-refractivity contribution in [1.82, 2.24) is 19.7 Å². The summed E-state index contributed by atoms with van der Waals surface area (Å²) in [6.07, 6.45) is 4.96. The number of aryl methyl sites for hydroxylation is 2. The minimum atomic E-state index is 0.217. The number of hydrogen-bond acceptors (Lipinski definition) is 5. The molecule has 0 bridgehead atoms. The highest BCUT2D eigenvalue weighted by Gasteiger charge is 2.20. The summed E-state index contributed by atoms with van der Waals surface area (Å²) in [5.74, 6) is 1.41. The van der Waals surface area contributed by atoms with E-state index in [4.69, 9.17) is 0 Å². The Labute approximate surface area is 145 Å². The molecule has 124 valence electrons. The molecule has 0 spiro atoms. The van der Waals surface area contributed by atoms with Crippen LogP contribution in [-0.4, -0.2) is 44.4 Å². The largest absolute Gasteiger partial charge is 0.342 e. The maximum Gasteiger partial charge on any atom is 0.233 e. The fraction of sp³-hybridized carbons (Fsp3) is 0.562. The Bertz CT molecular complexity index is 618. The maximum absolute atomic E-state index is 12.3. The van der Waals surface area contributed by atoms with E-state index in [0.29, 0.717) is 5.75 Å². The molecular weight excluding hydrogens is 328 g/mol. The lowest BCUT2D eigenvalue weighted by atomic mass is 9.99. The Kier molecular flexibility index (Phi) is 5.72. The molecule has 3 heterocycles. The Morgan fingerprint density at radius 1 is 1.43 bits per heavy atom. The molecule has 0 atom stereocenters. The van der Waals surface area contributed by atoms with Gasteiger partial charge in [0, 0.05) is 24.5 Å². The first-order valence-corrected chi connectivity index (χ1v) is 9.89. The van der Waals surface area contributed by atoms with Crippen molar-refractivity contribution < 1.29 is 4.79 Å². The zero-order valence-electron chi connectivity index (χ0n) is 13.4. The van der Waals surface area contributed by atoms with Gasteiger partial charge in [-0.2, -0.15) is 0 Å². The molecule has 1 aliphatic heterocycles. The molecule has 2 aromatic heterocycles. The lowest BCUT2D eigenvalue weighted by Gasteiger charge is -2.30. The lowest BCUT2D eigenvalue weighted by molar-refractivity contribution is -0.129. The number of thiophene rings is 1. The zero-order valence-corrected chi connectivity index (χ0v) is 15.0. The predicted octanol–water partition coefficient (Wildman–Crippen LogP) is 2.93. The Balaban J connectivity index is 1.48. The van der Waals surface area contributed by atoms with Crippen LogP contribution in [0.4, 0.5) is 0 Å². The van der Waals surface area contributed by atoms with E-state index in [1.165, 1.54) is 16.6 Å². The molecule has 1 saturated heterocycles. The van der Waals surface area contributed by atoms with Crippen LogP contribution in [0.25, 0.3) is 0 Å². The van der Waals surface area contributed by atoms with Crippen LogP contribution >= 0.6 is 23.1 Å². The monoisotopic (exact) mass is 350 g/mol. The predicted molar refractivity (Wildman–Crippen MR) is 93.7 cm³/mol. The van der Waals surface area contributed by atoms with Gasteiger partial charge >= 0.3 is 0 Å². The number of amides is 1. The molecule has 0 N–H and O–H groups in total. The van der Waals surface area contributed by atoms with E-state index < -0.39 is 0 Å². The first-order chi connectivity index (χ1) is 11.2. The van der Waals surface area contributed by atoms with E-state index in [-0.39, 0.29) is 5.91 Å². The molecule has 0 aromatic carbocycles. The number of thioether (sulfide) groups is 1.